The Morgan fingerprint density at radius 1 is 1.38 bits per heavy atom. The van der Waals surface area contributed by atoms with Crippen molar-refractivity contribution in [3.05, 3.63) is 32.8 Å². The molecule has 1 aliphatic carbocycles. The van der Waals surface area contributed by atoms with Gasteiger partial charge in [0.05, 0.1) is 0 Å². The molecule has 0 saturated heterocycles. The van der Waals surface area contributed by atoms with Gasteiger partial charge in [-0.3, -0.25) is 0 Å². The molecule has 2 heteroatoms. The van der Waals surface area contributed by atoms with Crippen LogP contribution in [0.15, 0.2) is 5.38 Å². The van der Waals surface area contributed by atoms with E-state index in [1.165, 1.54) is 31.2 Å². The molecule has 0 fully saturated rings. The number of thiophene rings is 1. The maximum Gasteiger partial charge on any atom is 0.218 e. The van der Waals surface area contributed by atoms with E-state index in [1.807, 2.05) is 11.3 Å². The fourth-order valence-electron chi connectivity index (χ4n) is 1.95. The van der Waals surface area contributed by atoms with E-state index in [0.29, 0.717) is 6.54 Å². The standard InChI is InChI=1S/C11H13NS/c1-12-7-6-9-8-13-11-5-3-2-4-10(9)11/h8H,2-7H2. The summed E-state index contributed by atoms with van der Waals surface area (Å²) in [4.78, 5) is 5.00. The topological polar surface area (TPSA) is 4.36 Å². The van der Waals surface area contributed by atoms with Gasteiger partial charge < -0.3 is 4.85 Å². The van der Waals surface area contributed by atoms with Crippen LogP contribution in [-0.4, -0.2) is 6.54 Å². The first-order valence-corrected chi connectivity index (χ1v) is 5.71. The van der Waals surface area contributed by atoms with Crippen molar-refractivity contribution in [2.24, 2.45) is 0 Å². The second kappa shape index (κ2) is 3.93. The highest BCUT2D eigenvalue weighted by molar-refractivity contribution is 7.10. The molecular formula is C11H13NS. The van der Waals surface area contributed by atoms with Gasteiger partial charge in [-0.25, -0.2) is 6.57 Å². The smallest absolute Gasteiger partial charge is 0.218 e. The lowest BCUT2D eigenvalue weighted by atomic mass is 9.95. The summed E-state index contributed by atoms with van der Waals surface area (Å²) in [7, 11) is 0. The van der Waals surface area contributed by atoms with Crippen LogP contribution >= 0.6 is 11.3 Å². The molecule has 0 saturated carbocycles. The molecule has 13 heavy (non-hydrogen) atoms. The van der Waals surface area contributed by atoms with E-state index in [0.717, 1.165) is 6.42 Å². The summed E-state index contributed by atoms with van der Waals surface area (Å²) >= 11 is 1.90. The van der Waals surface area contributed by atoms with Gasteiger partial charge in [-0.1, -0.05) is 0 Å². The lowest BCUT2D eigenvalue weighted by Crippen LogP contribution is -2.01. The zero-order chi connectivity index (χ0) is 9.10. The third-order valence-corrected chi connectivity index (χ3v) is 3.78. The molecule has 68 valence electrons. The summed E-state index contributed by atoms with van der Waals surface area (Å²) in [6, 6.07) is 0. The van der Waals surface area contributed by atoms with Crippen LogP contribution in [0.3, 0.4) is 0 Å². The molecule has 2 rings (SSSR count). The molecule has 0 radical (unpaired) electrons. The first-order valence-electron chi connectivity index (χ1n) is 4.83. The molecule has 0 N–H and O–H groups in total. The average molecular weight is 191 g/mol. The molecule has 0 unspecified atom stereocenters. The zero-order valence-electron chi connectivity index (χ0n) is 7.68. The van der Waals surface area contributed by atoms with Crippen molar-refractivity contribution in [1.82, 2.24) is 0 Å². The molecule has 0 bridgehead atoms. The van der Waals surface area contributed by atoms with E-state index >= 15 is 0 Å². The van der Waals surface area contributed by atoms with Crippen LogP contribution in [0, 0.1) is 6.57 Å². The molecule has 1 aliphatic rings. The van der Waals surface area contributed by atoms with Crippen molar-refractivity contribution in [3.63, 3.8) is 0 Å². The van der Waals surface area contributed by atoms with Gasteiger partial charge in [0.1, 0.15) is 0 Å². The highest BCUT2D eigenvalue weighted by Gasteiger charge is 2.15. The Balaban J connectivity index is 2.18. The number of nitrogens with zero attached hydrogens (tertiary/aromatic N) is 1. The van der Waals surface area contributed by atoms with Gasteiger partial charge in [-0.2, -0.15) is 0 Å². The quantitative estimate of drug-likeness (QED) is 0.633. The van der Waals surface area contributed by atoms with Crippen LogP contribution in [0.5, 0.6) is 0 Å². The van der Waals surface area contributed by atoms with Crippen molar-refractivity contribution in [2.75, 3.05) is 6.54 Å². The summed E-state index contributed by atoms with van der Waals surface area (Å²) < 4.78 is 0. The minimum Gasteiger partial charge on any atom is -0.317 e. The lowest BCUT2D eigenvalue weighted by molar-refractivity contribution is 0.691. The average Bonchev–Trinajstić information content (AvgIpc) is 2.58. The maximum absolute atomic E-state index is 6.77. The van der Waals surface area contributed by atoms with Gasteiger partial charge in [0.25, 0.3) is 0 Å². The van der Waals surface area contributed by atoms with E-state index in [9.17, 15) is 0 Å². The molecule has 0 atom stereocenters. The predicted molar refractivity (Wildman–Crippen MR) is 56.1 cm³/mol. The van der Waals surface area contributed by atoms with Crippen molar-refractivity contribution in [2.45, 2.75) is 32.1 Å². The number of hydrogen-bond acceptors (Lipinski definition) is 1. The molecule has 0 spiro atoms. The molecule has 1 aromatic rings. The Bertz CT molecular complexity index is 332. The Morgan fingerprint density at radius 2 is 2.23 bits per heavy atom. The first kappa shape index (κ1) is 8.77. The largest absolute Gasteiger partial charge is 0.317 e. The van der Waals surface area contributed by atoms with E-state index in [-0.39, 0.29) is 0 Å². The molecular weight excluding hydrogens is 178 g/mol. The van der Waals surface area contributed by atoms with Gasteiger partial charge >= 0.3 is 0 Å². The third-order valence-electron chi connectivity index (χ3n) is 2.64. The first-order chi connectivity index (χ1) is 6.42. The highest BCUT2D eigenvalue weighted by atomic mass is 32.1. The van der Waals surface area contributed by atoms with E-state index in [2.05, 4.69) is 10.2 Å². The molecule has 1 nitrogen and oxygen atoms in total. The summed E-state index contributed by atoms with van der Waals surface area (Å²) in [6.07, 6.45) is 6.20. The number of rotatable bonds is 2. The molecule has 0 amide bonds. The van der Waals surface area contributed by atoms with E-state index in [4.69, 9.17) is 6.57 Å². The second-order valence-electron chi connectivity index (χ2n) is 3.50. The van der Waals surface area contributed by atoms with Gasteiger partial charge in [0, 0.05) is 11.3 Å². The molecule has 1 aromatic heterocycles. The van der Waals surface area contributed by atoms with Crippen LogP contribution in [-0.2, 0) is 19.3 Å². The summed E-state index contributed by atoms with van der Waals surface area (Å²) in [5.74, 6) is 0. The number of aryl methyl sites for hydroxylation is 1. The Hall–Kier alpha value is -0.810. The summed E-state index contributed by atoms with van der Waals surface area (Å²) in [5.41, 5.74) is 3.04. The van der Waals surface area contributed by atoms with Crippen LogP contribution in [0.2, 0.25) is 0 Å². The summed E-state index contributed by atoms with van der Waals surface area (Å²) in [6.45, 7) is 7.43. The molecule has 0 aliphatic heterocycles. The maximum atomic E-state index is 6.77. The fraction of sp³-hybridized carbons (Fsp3) is 0.545. The lowest BCUT2D eigenvalue weighted by Gasteiger charge is -2.11. The van der Waals surface area contributed by atoms with Crippen LogP contribution < -0.4 is 0 Å². The predicted octanol–water partition coefficient (Wildman–Crippen LogP) is 3.09. The fourth-order valence-corrected chi connectivity index (χ4v) is 3.13. The minimum atomic E-state index is 0.656. The van der Waals surface area contributed by atoms with E-state index < -0.39 is 0 Å². The van der Waals surface area contributed by atoms with Gasteiger partial charge in [0.2, 0.25) is 6.54 Å². The number of fused-ring (bicyclic) bond motifs is 1. The number of hydrogen-bond donors (Lipinski definition) is 0. The van der Waals surface area contributed by atoms with Crippen LogP contribution in [0.4, 0.5) is 0 Å². The molecule has 0 aromatic carbocycles. The van der Waals surface area contributed by atoms with Gasteiger partial charge in [0.15, 0.2) is 0 Å². The Morgan fingerprint density at radius 3 is 3.08 bits per heavy atom. The monoisotopic (exact) mass is 191 g/mol. The second-order valence-corrected chi connectivity index (χ2v) is 4.47. The van der Waals surface area contributed by atoms with Crippen molar-refractivity contribution in [1.29, 1.82) is 0 Å². The Kier molecular flexibility index (Phi) is 2.65. The summed E-state index contributed by atoms with van der Waals surface area (Å²) in [5, 5.41) is 2.27. The highest BCUT2D eigenvalue weighted by Crippen LogP contribution is 2.30. The van der Waals surface area contributed by atoms with Crippen LogP contribution in [0.1, 0.15) is 28.8 Å². The minimum absolute atomic E-state index is 0.656. The van der Waals surface area contributed by atoms with Gasteiger partial charge in [-0.15, -0.1) is 11.3 Å². The van der Waals surface area contributed by atoms with Crippen molar-refractivity contribution < 1.29 is 0 Å². The Labute approximate surface area is 83.2 Å². The third kappa shape index (κ3) is 1.76. The van der Waals surface area contributed by atoms with Crippen LogP contribution in [0.25, 0.3) is 4.85 Å². The normalized spacial score (nSPS) is 15.0. The zero-order valence-corrected chi connectivity index (χ0v) is 8.49. The van der Waals surface area contributed by atoms with Crippen molar-refractivity contribution in [3.8, 4) is 0 Å². The SMILES string of the molecule is [C-]#[N+]CCc1csc2c1CCCC2. The van der Waals surface area contributed by atoms with Gasteiger partial charge in [-0.05, 0) is 42.2 Å². The van der Waals surface area contributed by atoms with E-state index in [1.54, 1.807) is 10.4 Å². The van der Waals surface area contributed by atoms with Crippen molar-refractivity contribution >= 4 is 11.3 Å². The molecule has 1 heterocycles.